The molecule has 2 N–H and O–H groups in total. The molecule has 2 aromatic rings. The summed E-state index contributed by atoms with van der Waals surface area (Å²) in [6.45, 7) is 2.00. The van der Waals surface area contributed by atoms with Crippen LogP contribution in [0.15, 0.2) is 24.3 Å². The number of hydrogen-bond acceptors (Lipinski definition) is 5. The number of hydrogen-bond donors (Lipinski definition) is 1. The topological polar surface area (TPSA) is 45.4 Å². The maximum absolute atomic E-state index is 6.25. The first-order valence-corrected chi connectivity index (χ1v) is 8.38. The fourth-order valence-corrected chi connectivity index (χ4v) is 4.45. The third-order valence-corrected chi connectivity index (χ3v) is 5.71. The van der Waals surface area contributed by atoms with Gasteiger partial charge >= 0.3 is 0 Å². The van der Waals surface area contributed by atoms with Crippen molar-refractivity contribution >= 4 is 27.8 Å². The normalized spacial score (nSPS) is 21.1. The van der Waals surface area contributed by atoms with Gasteiger partial charge in [-0.2, -0.15) is 0 Å². The lowest BCUT2D eigenvalue weighted by atomic mass is 9.99. The van der Waals surface area contributed by atoms with Crippen LogP contribution in [0, 0.1) is 0 Å². The van der Waals surface area contributed by atoms with Crippen molar-refractivity contribution in [3.8, 4) is 0 Å². The SMILES string of the molecule is CN1CCN(c2nc3c(s2)C(N)CCC3)c2ccccc21. The first-order valence-electron chi connectivity index (χ1n) is 7.57. The van der Waals surface area contributed by atoms with Crippen LogP contribution in [-0.2, 0) is 6.42 Å². The average molecular weight is 300 g/mol. The summed E-state index contributed by atoms with van der Waals surface area (Å²) in [5.41, 5.74) is 10.0. The minimum Gasteiger partial charge on any atom is -0.371 e. The number of nitrogens with zero attached hydrogens (tertiary/aromatic N) is 3. The fourth-order valence-electron chi connectivity index (χ4n) is 3.26. The fraction of sp³-hybridized carbons (Fsp3) is 0.438. The summed E-state index contributed by atoms with van der Waals surface area (Å²) in [6, 6.07) is 8.75. The molecule has 2 heterocycles. The Balaban J connectivity index is 1.76. The number of nitrogens with two attached hydrogens (primary N) is 1. The van der Waals surface area contributed by atoms with Gasteiger partial charge < -0.3 is 15.5 Å². The van der Waals surface area contributed by atoms with E-state index in [-0.39, 0.29) is 6.04 Å². The summed E-state index contributed by atoms with van der Waals surface area (Å²) in [4.78, 5) is 10.9. The number of para-hydroxylation sites is 2. The zero-order valence-electron chi connectivity index (χ0n) is 12.2. The Labute approximate surface area is 129 Å². The van der Waals surface area contributed by atoms with Crippen LogP contribution in [0.25, 0.3) is 0 Å². The van der Waals surface area contributed by atoms with Crippen molar-refractivity contribution in [3.05, 3.63) is 34.8 Å². The van der Waals surface area contributed by atoms with Gasteiger partial charge in [-0.1, -0.05) is 23.5 Å². The second-order valence-electron chi connectivity index (χ2n) is 5.87. The highest BCUT2D eigenvalue weighted by Crippen LogP contribution is 2.42. The molecule has 110 valence electrons. The van der Waals surface area contributed by atoms with E-state index in [1.54, 1.807) is 11.3 Å². The second-order valence-corrected chi connectivity index (χ2v) is 6.88. The zero-order chi connectivity index (χ0) is 14.4. The van der Waals surface area contributed by atoms with E-state index in [1.807, 2.05) is 0 Å². The smallest absolute Gasteiger partial charge is 0.190 e. The predicted octanol–water partition coefficient (Wildman–Crippen LogP) is 3.07. The molecule has 5 heteroatoms. The van der Waals surface area contributed by atoms with E-state index in [9.17, 15) is 0 Å². The van der Waals surface area contributed by atoms with E-state index in [0.29, 0.717) is 0 Å². The monoisotopic (exact) mass is 300 g/mol. The van der Waals surface area contributed by atoms with Gasteiger partial charge in [0.1, 0.15) is 0 Å². The number of aryl methyl sites for hydroxylation is 1. The van der Waals surface area contributed by atoms with E-state index in [2.05, 4.69) is 41.1 Å². The summed E-state index contributed by atoms with van der Waals surface area (Å²) >= 11 is 1.79. The molecule has 0 spiro atoms. The van der Waals surface area contributed by atoms with Crippen LogP contribution < -0.4 is 15.5 Å². The van der Waals surface area contributed by atoms with Gasteiger partial charge in [0.05, 0.1) is 17.1 Å². The van der Waals surface area contributed by atoms with E-state index >= 15 is 0 Å². The summed E-state index contributed by atoms with van der Waals surface area (Å²) in [7, 11) is 2.15. The van der Waals surface area contributed by atoms with E-state index in [1.165, 1.54) is 21.9 Å². The van der Waals surface area contributed by atoms with E-state index in [4.69, 9.17) is 10.7 Å². The largest absolute Gasteiger partial charge is 0.371 e. The summed E-state index contributed by atoms with van der Waals surface area (Å²) in [5, 5.41) is 1.11. The van der Waals surface area contributed by atoms with Gasteiger partial charge in [-0.15, -0.1) is 0 Å². The summed E-state index contributed by atoms with van der Waals surface area (Å²) in [5.74, 6) is 0. The lowest BCUT2D eigenvalue weighted by molar-refractivity contribution is 0.573. The van der Waals surface area contributed by atoms with Crippen molar-refractivity contribution in [3.63, 3.8) is 0 Å². The molecule has 1 aliphatic heterocycles. The third-order valence-electron chi connectivity index (χ3n) is 4.46. The predicted molar refractivity (Wildman–Crippen MR) is 88.7 cm³/mol. The highest BCUT2D eigenvalue weighted by molar-refractivity contribution is 7.15. The molecule has 2 aliphatic rings. The molecule has 0 saturated heterocycles. The molecule has 1 aromatic carbocycles. The number of thiazole rings is 1. The van der Waals surface area contributed by atoms with Gasteiger partial charge in [0.15, 0.2) is 5.13 Å². The van der Waals surface area contributed by atoms with Crippen LogP contribution in [0.3, 0.4) is 0 Å². The molecule has 4 nitrogen and oxygen atoms in total. The van der Waals surface area contributed by atoms with Gasteiger partial charge in [-0.3, -0.25) is 0 Å². The molecule has 1 aromatic heterocycles. The Morgan fingerprint density at radius 3 is 2.86 bits per heavy atom. The zero-order valence-corrected chi connectivity index (χ0v) is 13.1. The highest BCUT2D eigenvalue weighted by Gasteiger charge is 2.27. The molecule has 0 fully saturated rings. The van der Waals surface area contributed by atoms with Crippen LogP contribution in [0.4, 0.5) is 16.5 Å². The maximum Gasteiger partial charge on any atom is 0.190 e. The van der Waals surface area contributed by atoms with Crippen molar-refractivity contribution in [1.82, 2.24) is 4.98 Å². The van der Waals surface area contributed by atoms with Crippen molar-refractivity contribution in [2.75, 3.05) is 29.9 Å². The molecule has 21 heavy (non-hydrogen) atoms. The number of benzene rings is 1. The molecule has 1 atom stereocenters. The first-order chi connectivity index (χ1) is 10.2. The number of aromatic nitrogens is 1. The maximum atomic E-state index is 6.25. The van der Waals surface area contributed by atoms with Crippen molar-refractivity contribution in [1.29, 1.82) is 0 Å². The van der Waals surface area contributed by atoms with Gasteiger partial charge in [0.25, 0.3) is 0 Å². The molecule has 0 amide bonds. The number of likely N-dealkylation sites (N-methyl/N-ethyl adjacent to an activating group) is 1. The Hall–Kier alpha value is -1.59. The number of fused-ring (bicyclic) bond motifs is 2. The molecule has 0 saturated carbocycles. The summed E-state index contributed by atoms with van der Waals surface area (Å²) < 4.78 is 0. The van der Waals surface area contributed by atoms with Crippen LogP contribution in [0.1, 0.15) is 29.5 Å². The molecule has 0 bridgehead atoms. The van der Waals surface area contributed by atoms with E-state index in [0.717, 1.165) is 37.5 Å². The summed E-state index contributed by atoms with van der Waals surface area (Å²) in [6.07, 6.45) is 3.33. The first kappa shape index (κ1) is 13.1. The van der Waals surface area contributed by atoms with Crippen LogP contribution in [0.5, 0.6) is 0 Å². The average Bonchev–Trinajstić information content (AvgIpc) is 2.93. The van der Waals surface area contributed by atoms with Crippen LogP contribution in [0.2, 0.25) is 0 Å². The van der Waals surface area contributed by atoms with E-state index < -0.39 is 0 Å². The Morgan fingerprint density at radius 2 is 2.05 bits per heavy atom. The Bertz CT molecular complexity index is 666. The molecule has 1 aliphatic carbocycles. The standard InChI is InChI=1S/C16H20N4S/c1-19-9-10-20(14-8-3-2-7-13(14)19)16-18-12-6-4-5-11(17)15(12)21-16/h2-3,7-8,11H,4-6,9-10,17H2,1H3. The minimum atomic E-state index is 0.183. The minimum absolute atomic E-state index is 0.183. The molecular weight excluding hydrogens is 280 g/mol. The highest BCUT2D eigenvalue weighted by atomic mass is 32.1. The number of anilines is 3. The van der Waals surface area contributed by atoms with Gasteiger partial charge in [0.2, 0.25) is 0 Å². The molecular formula is C16H20N4S. The van der Waals surface area contributed by atoms with Gasteiger partial charge in [-0.05, 0) is 31.4 Å². The lowest BCUT2D eigenvalue weighted by Gasteiger charge is -2.35. The van der Waals surface area contributed by atoms with Crippen LogP contribution >= 0.6 is 11.3 Å². The Morgan fingerprint density at radius 1 is 1.24 bits per heavy atom. The third kappa shape index (κ3) is 2.12. The Kier molecular flexibility index (Phi) is 3.12. The van der Waals surface area contributed by atoms with Crippen LogP contribution in [-0.4, -0.2) is 25.1 Å². The lowest BCUT2D eigenvalue weighted by Crippen LogP contribution is -2.36. The van der Waals surface area contributed by atoms with Gasteiger partial charge in [0, 0.05) is 31.1 Å². The molecule has 1 unspecified atom stereocenters. The van der Waals surface area contributed by atoms with Crippen molar-refractivity contribution < 1.29 is 0 Å². The van der Waals surface area contributed by atoms with Gasteiger partial charge in [-0.25, -0.2) is 4.98 Å². The quantitative estimate of drug-likeness (QED) is 0.879. The number of rotatable bonds is 1. The molecule has 4 rings (SSSR count). The second kappa shape index (κ2) is 5.00. The van der Waals surface area contributed by atoms with Crippen molar-refractivity contribution in [2.24, 2.45) is 5.73 Å². The van der Waals surface area contributed by atoms with Crippen molar-refractivity contribution in [2.45, 2.75) is 25.3 Å². The molecule has 0 radical (unpaired) electrons.